The molecule has 5 heteroatoms. The van der Waals surface area contributed by atoms with Gasteiger partial charge in [-0.25, -0.2) is 4.79 Å². The van der Waals surface area contributed by atoms with Crippen molar-refractivity contribution in [3.8, 4) is 0 Å². The summed E-state index contributed by atoms with van der Waals surface area (Å²) in [7, 11) is 0. The van der Waals surface area contributed by atoms with E-state index in [9.17, 15) is 14.7 Å². The van der Waals surface area contributed by atoms with Crippen molar-refractivity contribution in [2.75, 3.05) is 6.54 Å². The van der Waals surface area contributed by atoms with Crippen LogP contribution in [0, 0.1) is 0 Å². The van der Waals surface area contributed by atoms with Gasteiger partial charge in [0, 0.05) is 19.4 Å². The minimum atomic E-state index is -1.02. The van der Waals surface area contributed by atoms with Crippen LogP contribution in [0.3, 0.4) is 0 Å². The highest BCUT2D eigenvalue weighted by molar-refractivity contribution is 5.84. The summed E-state index contributed by atoms with van der Waals surface area (Å²) in [5.74, 6) is -1.17. The highest BCUT2D eigenvalue weighted by Gasteiger charge is 2.38. The molecule has 2 N–H and O–H groups in total. The topological polar surface area (TPSA) is 77.8 Å². The number of aliphatic carboxylic acids is 1. The summed E-state index contributed by atoms with van der Waals surface area (Å²) in [4.78, 5) is 24.7. The Hall–Kier alpha value is -1.62. The molecule has 1 aliphatic rings. The molecule has 0 aliphatic carbocycles. The second-order valence-corrected chi connectivity index (χ2v) is 7.77. The molecular weight excluding hydrogens is 354 g/mol. The van der Waals surface area contributed by atoms with Crippen molar-refractivity contribution in [2.24, 2.45) is 0 Å². The third kappa shape index (κ3) is 10.6. The number of nitrogens with zero attached hydrogens (tertiary/aromatic N) is 1. The van der Waals surface area contributed by atoms with Gasteiger partial charge >= 0.3 is 5.97 Å². The molecule has 1 aliphatic heterocycles. The minimum Gasteiger partial charge on any atom is -0.480 e. The monoisotopic (exact) mass is 393 g/mol. The van der Waals surface area contributed by atoms with Gasteiger partial charge in [0.2, 0.25) is 5.91 Å². The maximum Gasteiger partial charge on any atom is 0.326 e. The number of rotatable bonds is 15. The maximum absolute atomic E-state index is 12.2. The van der Waals surface area contributed by atoms with Crippen LogP contribution in [0.1, 0.15) is 90.4 Å². The number of hydrogen-bond acceptors (Lipinski definition) is 3. The van der Waals surface area contributed by atoms with Gasteiger partial charge in [0.1, 0.15) is 6.04 Å². The van der Waals surface area contributed by atoms with E-state index in [2.05, 4.69) is 31.2 Å². The second kappa shape index (κ2) is 15.3. The van der Waals surface area contributed by atoms with Crippen LogP contribution < -0.4 is 0 Å². The molecule has 1 saturated heterocycles. The Morgan fingerprint density at radius 1 is 0.929 bits per heavy atom. The van der Waals surface area contributed by atoms with Gasteiger partial charge in [0.15, 0.2) is 0 Å². The largest absolute Gasteiger partial charge is 0.480 e. The second-order valence-electron chi connectivity index (χ2n) is 7.77. The predicted octanol–water partition coefficient (Wildman–Crippen LogP) is 4.85. The summed E-state index contributed by atoms with van der Waals surface area (Å²) >= 11 is 0. The van der Waals surface area contributed by atoms with Crippen LogP contribution in [0.5, 0.6) is 0 Å². The van der Waals surface area contributed by atoms with Gasteiger partial charge in [-0.3, -0.25) is 4.79 Å². The van der Waals surface area contributed by atoms with Crippen LogP contribution in [-0.2, 0) is 9.59 Å². The number of β-amino-alcohol motifs (C(OH)–C–C–N with tert-alkyl or cyclic N) is 1. The quantitative estimate of drug-likeness (QED) is 0.308. The fourth-order valence-corrected chi connectivity index (χ4v) is 3.55. The number of unbranched alkanes of at least 4 members (excludes halogenated alkanes) is 8. The van der Waals surface area contributed by atoms with Gasteiger partial charge in [0.25, 0.3) is 0 Å². The van der Waals surface area contributed by atoms with E-state index in [1.54, 1.807) is 0 Å². The lowest BCUT2D eigenvalue weighted by Gasteiger charge is -2.21. The molecule has 0 radical (unpaired) electrons. The Labute approximate surface area is 170 Å². The lowest BCUT2D eigenvalue weighted by atomic mass is 10.1. The van der Waals surface area contributed by atoms with E-state index in [1.807, 2.05) is 0 Å². The van der Waals surface area contributed by atoms with Gasteiger partial charge < -0.3 is 15.1 Å². The van der Waals surface area contributed by atoms with E-state index in [1.165, 1.54) is 37.0 Å². The van der Waals surface area contributed by atoms with Crippen LogP contribution in [0.25, 0.3) is 0 Å². The van der Waals surface area contributed by atoms with Crippen LogP contribution in [0.15, 0.2) is 24.3 Å². The first-order valence-electron chi connectivity index (χ1n) is 11.1. The molecule has 2 unspecified atom stereocenters. The zero-order valence-electron chi connectivity index (χ0n) is 17.5. The van der Waals surface area contributed by atoms with Gasteiger partial charge in [-0.1, -0.05) is 63.3 Å². The third-order valence-electron chi connectivity index (χ3n) is 5.23. The molecule has 5 nitrogen and oxygen atoms in total. The Morgan fingerprint density at radius 3 is 2.18 bits per heavy atom. The van der Waals surface area contributed by atoms with Crippen molar-refractivity contribution in [2.45, 2.75) is 103 Å². The van der Waals surface area contributed by atoms with Crippen molar-refractivity contribution >= 4 is 11.9 Å². The molecule has 0 aromatic heterocycles. The maximum atomic E-state index is 12.2. The minimum absolute atomic E-state index is 0.142. The fraction of sp³-hybridized carbons (Fsp3) is 0.739. The normalized spacial score (nSPS) is 19.9. The van der Waals surface area contributed by atoms with Crippen LogP contribution in [0.2, 0.25) is 0 Å². The van der Waals surface area contributed by atoms with Gasteiger partial charge in [0.05, 0.1) is 6.10 Å². The molecule has 160 valence electrons. The lowest BCUT2D eigenvalue weighted by Crippen LogP contribution is -2.40. The summed E-state index contributed by atoms with van der Waals surface area (Å²) in [5, 5.41) is 18.7. The molecule has 0 aromatic rings. The molecule has 0 bridgehead atoms. The van der Waals surface area contributed by atoms with Crippen molar-refractivity contribution in [1.29, 1.82) is 0 Å². The predicted molar refractivity (Wildman–Crippen MR) is 113 cm³/mol. The zero-order valence-corrected chi connectivity index (χ0v) is 17.5. The molecule has 0 saturated carbocycles. The summed E-state index contributed by atoms with van der Waals surface area (Å²) in [6, 6.07) is -0.861. The number of carboxylic acid groups (broad SMARTS) is 1. The number of hydrogen-bond donors (Lipinski definition) is 2. The Bertz CT molecular complexity index is 501. The Balaban J connectivity index is 1.98. The van der Waals surface area contributed by atoms with E-state index < -0.39 is 18.1 Å². The van der Waals surface area contributed by atoms with E-state index >= 15 is 0 Å². The first-order valence-corrected chi connectivity index (χ1v) is 11.1. The SMILES string of the molecule is CCCCC/C=C/C/C=C/CCCCCCCC(=O)N1CC(O)CC1C(=O)O. The molecule has 0 spiro atoms. The molecule has 28 heavy (non-hydrogen) atoms. The van der Waals surface area contributed by atoms with Crippen LogP contribution >= 0.6 is 0 Å². The van der Waals surface area contributed by atoms with E-state index in [0.717, 1.165) is 38.5 Å². The number of amides is 1. The Morgan fingerprint density at radius 2 is 1.54 bits per heavy atom. The lowest BCUT2D eigenvalue weighted by molar-refractivity contribution is -0.148. The average molecular weight is 394 g/mol. The van der Waals surface area contributed by atoms with Gasteiger partial charge in [-0.05, 0) is 38.5 Å². The van der Waals surface area contributed by atoms with Crippen LogP contribution in [0.4, 0.5) is 0 Å². The third-order valence-corrected chi connectivity index (χ3v) is 5.23. The van der Waals surface area contributed by atoms with E-state index in [4.69, 9.17) is 5.11 Å². The number of aliphatic hydroxyl groups is 1. The average Bonchev–Trinajstić information content (AvgIpc) is 3.07. The first-order chi connectivity index (χ1) is 13.6. The molecule has 1 amide bonds. The van der Waals surface area contributed by atoms with E-state index in [0.29, 0.717) is 6.42 Å². The van der Waals surface area contributed by atoms with E-state index in [-0.39, 0.29) is 18.9 Å². The smallest absolute Gasteiger partial charge is 0.326 e. The summed E-state index contributed by atoms with van der Waals surface area (Å²) in [5.41, 5.74) is 0. The summed E-state index contributed by atoms with van der Waals surface area (Å²) < 4.78 is 0. The standard InChI is InChI=1S/C23H39NO4/c1-2-3-4-5-6-7-8-9-10-11-12-13-14-15-16-17-22(26)24-19-20(25)18-21(24)23(27)28/h6-7,9-10,20-21,25H,2-5,8,11-19H2,1H3,(H,27,28)/b7-6+,10-9+. The van der Waals surface area contributed by atoms with Crippen LogP contribution in [-0.4, -0.2) is 45.7 Å². The number of aliphatic hydroxyl groups excluding tert-OH is 1. The summed E-state index contributed by atoms with van der Waals surface area (Å²) in [6.45, 7) is 2.37. The molecule has 2 atom stereocenters. The number of carboxylic acids is 1. The highest BCUT2D eigenvalue weighted by atomic mass is 16.4. The highest BCUT2D eigenvalue weighted by Crippen LogP contribution is 2.20. The fourth-order valence-electron chi connectivity index (χ4n) is 3.55. The zero-order chi connectivity index (χ0) is 20.6. The van der Waals surface area contributed by atoms with Crippen molar-refractivity contribution in [3.05, 3.63) is 24.3 Å². The molecule has 1 fully saturated rings. The molecular formula is C23H39NO4. The Kier molecular flexibility index (Phi) is 13.4. The van der Waals surface area contributed by atoms with Crippen molar-refractivity contribution in [1.82, 2.24) is 4.90 Å². The van der Waals surface area contributed by atoms with Crippen molar-refractivity contribution < 1.29 is 19.8 Å². The molecule has 1 rings (SSSR count). The number of carbonyl (C=O) groups excluding carboxylic acids is 1. The number of likely N-dealkylation sites (tertiary alicyclic amines) is 1. The summed E-state index contributed by atoms with van der Waals surface area (Å²) in [6.07, 6.45) is 21.2. The van der Waals surface area contributed by atoms with Gasteiger partial charge in [-0.15, -0.1) is 0 Å². The number of allylic oxidation sites excluding steroid dienone is 4. The number of carbonyl (C=O) groups is 2. The first kappa shape index (κ1) is 24.4. The van der Waals surface area contributed by atoms with Crippen molar-refractivity contribution in [3.63, 3.8) is 0 Å². The van der Waals surface area contributed by atoms with Gasteiger partial charge in [-0.2, -0.15) is 0 Å². The molecule has 1 heterocycles. The molecule has 0 aromatic carbocycles.